The van der Waals surface area contributed by atoms with E-state index in [-0.39, 0.29) is 5.78 Å². The summed E-state index contributed by atoms with van der Waals surface area (Å²) < 4.78 is 1.82. The third-order valence-electron chi connectivity index (χ3n) is 3.57. The summed E-state index contributed by atoms with van der Waals surface area (Å²) in [5.74, 6) is -0.716. The molecule has 4 N–H and O–H groups in total. The Kier molecular flexibility index (Phi) is 5.83. The van der Waals surface area contributed by atoms with Crippen molar-refractivity contribution >= 4 is 23.8 Å². The number of nitrogens with one attached hydrogen (secondary N) is 1. The molecular formula is C18H19N3O3. The SMILES string of the molecule is Cn1c(/C=C/C(=O)NO)ccc1/C=C/C(=O)c1cccc(CN)c1. The summed E-state index contributed by atoms with van der Waals surface area (Å²) in [5.41, 5.74) is 10.2. The van der Waals surface area contributed by atoms with Gasteiger partial charge in [-0.15, -0.1) is 0 Å². The summed E-state index contributed by atoms with van der Waals surface area (Å²) in [7, 11) is 1.82. The van der Waals surface area contributed by atoms with E-state index in [0.29, 0.717) is 12.1 Å². The predicted molar refractivity (Wildman–Crippen MR) is 92.1 cm³/mol. The van der Waals surface area contributed by atoms with E-state index < -0.39 is 5.91 Å². The van der Waals surface area contributed by atoms with Crippen molar-refractivity contribution in [3.63, 3.8) is 0 Å². The number of benzene rings is 1. The van der Waals surface area contributed by atoms with E-state index in [2.05, 4.69) is 0 Å². The highest BCUT2D eigenvalue weighted by Crippen LogP contribution is 2.12. The van der Waals surface area contributed by atoms with Crippen molar-refractivity contribution in [2.75, 3.05) is 0 Å². The average molecular weight is 325 g/mol. The van der Waals surface area contributed by atoms with Crippen LogP contribution < -0.4 is 11.2 Å². The van der Waals surface area contributed by atoms with Crippen molar-refractivity contribution in [1.29, 1.82) is 0 Å². The minimum atomic E-state index is -0.608. The standard InChI is InChI=1S/C18H19N3O3/c1-21-15(5-6-16(21)8-10-18(23)20-24)7-9-17(22)14-4-2-3-13(11-14)12-19/h2-11,24H,12,19H2,1H3,(H,20,23)/b9-7+,10-8+. The number of hydrogen-bond donors (Lipinski definition) is 3. The highest BCUT2D eigenvalue weighted by Gasteiger charge is 2.04. The van der Waals surface area contributed by atoms with Gasteiger partial charge in [0.15, 0.2) is 5.78 Å². The number of rotatable bonds is 6. The van der Waals surface area contributed by atoms with E-state index in [1.165, 1.54) is 17.6 Å². The smallest absolute Gasteiger partial charge is 0.267 e. The summed E-state index contributed by atoms with van der Waals surface area (Å²) in [5, 5.41) is 8.46. The van der Waals surface area contributed by atoms with Gasteiger partial charge >= 0.3 is 0 Å². The molecule has 1 heterocycles. The summed E-state index contributed by atoms with van der Waals surface area (Å²) in [6, 6.07) is 10.8. The van der Waals surface area contributed by atoms with E-state index in [1.807, 2.05) is 23.7 Å². The van der Waals surface area contributed by atoms with Gasteiger partial charge < -0.3 is 10.3 Å². The highest BCUT2D eigenvalue weighted by atomic mass is 16.5. The number of aromatic nitrogens is 1. The first-order valence-electron chi connectivity index (χ1n) is 7.34. The first-order chi connectivity index (χ1) is 11.5. The third-order valence-corrected chi connectivity index (χ3v) is 3.57. The monoisotopic (exact) mass is 325 g/mol. The van der Waals surface area contributed by atoms with Crippen molar-refractivity contribution in [3.05, 3.63) is 71.1 Å². The van der Waals surface area contributed by atoms with Crippen LogP contribution >= 0.6 is 0 Å². The fraction of sp³-hybridized carbons (Fsp3) is 0.111. The molecule has 0 saturated heterocycles. The maximum atomic E-state index is 12.2. The van der Waals surface area contributed by atoms with Crippen LogP contribution in [0.2, 0.25) is 0 Å². The maximum Gasteiger partial charge on any atom is 0.267 e. The average Bonchev–Trinajstić information content (AvgIpc) is 2.97. The molecule has 124 valence electrons. The second kappa shape index (κ2) is 8.05. The van der Waals surface area contributed by atoms with Crippen molar-refractivity contribution in [2.45, 2.75) is 6.54 Å². The molecule has 1 aromatic carbocycles. The lowest BCUT2D eigenvalue weighted by molar-refractivity contribution is -0.124. The molecular weight excluding hydrogens is 306 g/mol. The molecule has 0 bridgehead atoms. The van der Waals surface area contributed by atoms with Gasteiger partial charge in [-0.05, 0) is 42.0 Å². The molecule has 1 amide bonds. The molecule has 0 aliphatic carbocycles. The quantitative estimate of drug-likeness (QED) is 0.327. The van der Waals surface area contributed by atoms with Gasteiger partial charge in [0.25, 0.3) is 5.91 Å². The molecule has 2 rings (SSSR count). The number of hydrogen-bond acceptors (Lipinski definition) is 4. The summed E-state index contributed by atoms with van der Waals surface area (Å²) in [6.07, 6.45) is 5.99. The second-order valence-corrected chi connectivity index (χ2v) is 5.15. The zero-order valence-corrected chi connectivity index (χ0v) is 13.3. The number of amides is 1. The predicted octanol–water partition coefficient (Wildman–Crippen LogP) is 1.90. The van der Waals surface area contributed by atoms with E-state index in [4.69, 9.17) is 10.9 Å². The Bertz CT molecular complexity index is 804. The fourth-order valence-electron chi connectivity index (χ4n) is 2.19. The first kappa shape index (κ1) is 17.4. The van der Waals surface area contributed by atoms with Gasteiger partial charge in [0.05, 0.1) is 0 Å². The van der Waals surface area contributed by atoms with Crippen molar-refractivity contribution in [1.82, 2.24) is 10.0 Å². The van der Waals surface area contributed by atoms with Gasteiger partial charge in [-0.25, -0.2) is 5.48 Å². The van der Waals surface area contributed by atoms with Gasteiger partial charge in [-0.3, -0.25) is 14.8 Å². The van der Waals surface area contributed by atoms with Gasteiger partial charge in [-0.2, -0.15) is 0 Å². The molecule has 0 unspecified atom stereocenters. The molecule has 1 aromatic heterocycles. The largest absolute Gasteiger partial charge is 0.345 e. The summed E-state index contributed by atoms with van der Waals surface area (Å²) in [4.78, 5) is 23.2. The maximum absolute atomic E-state index is 12.2. The lowest BCUT2D eigenvalue weighted by Crippen LogP contribution is -2.14. The topological polar surface area (TPSA) is 97.4 Å². The molecule has 6 nitrogen and oxygen atoms in total. The zero-order valence-electron chi connectivity index (χ0n) is 13.3. The van der Waals surface area contributed by atoms with E-state index in [1.54, 1.807) is 36.4 Å². The Morgan fingerprint density at radius 3 is 2.46 bits per heavy atom. The van der Waals surface area contributed by atoms with Crippen LogP contribution in [0.4, 0.5) is 0 Å². The van der Waals surface area contributed by atoms with E-state index >= 15 is 0 Å². The van der Waals surface area contributed by atoms with Gasteiger partial charge in [0, 0.05) is 36.6 Å². The van der Waals surface area contributed by atoms with Crippen molar-refractivity contribution in [2.24, 2.45) is 12.8 Å². The van der Waals surface area contributed by atoms with Crippen LogP contribution in [0.25, 0.3) is 12.2 Å². The molecule has 0 spiro atoms. The molecule has 6 heteroatoms. The molecule has 0 saturated carbocycles. The Labute approximate surface area is 139 Å². The summed E-state index contributed by atoms with van der Waals surface area (Å²) >= 11 is 0. The molecule has 2 aromatic rings. The number of carbonyl (C=O) groups is 2. The lowest BCUT2D eigenvalue weighted by atomic mass is 10.1. The number of carbonyl (C=O) groups excluding carboxylic acids is 2. The number of nitrogens with zero attached hydrogens (tertiary/aromatic N) is 1. The third kappa shape index (κ3) is 4.28. The fourth-order valence-corrected chi connectivity index (χ4v) is 2.19. The van der Waals surface area contributed by atoms with Crippen LogP contribution in [0.3, 0.4) is 0 Å². The molecule has 0 aliphatic rings. The van der Waals surface area contributed by atoms with Crippen LogP contribution in [0, 0.1) is 0 Å². The zero-order chi connectivity index (χ0) is 17.5. The van der Waals surface area contributed by atoms with E-state index in [9.17, 15) is 9.59 Å². The summed E-state index contributed by atoms with van der Waals surface area (Å²) in [6.45, 7) is 0.389. The molecule has 0 radical (unpaired) electrons. The highest BCUT2D eigenvalue weighted by molar-refractivity contribution is 6.06. The first-order valence-corrected chi connectivity index (χ1v) is 7.34. The van der Waals surface area contributed by atoms with Crippen LogP contribution in [-0.2, 0) is 18.4 Å². The molecule has 0 atom stereocenters. The molecule has 24 heavy (non-hydrogen) atoms. The number of hydroxylamine groups is 1. The second-order valence-electron chi connectivity index (χ2n) is 5.15. The Morgan fingerprint density at radius 2 is 1.83 bits per heavy atom. The number of ketones is 1. The van der Waals surface area contributed by atoms with Crippen LogP contribution in [-0.4, -0.2) is 21.5 Å². The number of nitrogens with two attached hydrogens (primary N) is 1. The minimum Gasteiger partial charge on any atom is -0.345 e. The van der Waals surface area contributed by atoms with Gasteiger partial charge in [0.1, 0.15) is 0 Å². The molecule has 0 aliphatic heterocycles. The van der Waals surface area contributed by atoms with Crippen LogP contribution in [0.15, 0.2) is 48.6 Å². The Morgan fingerprint density at radius 1 is 1.17 bits per heavy atom. The van der Waals surface area contributed by atoms with Crippen molar-refractivity contribution in [3.8, 4) is 0 Å². The van der Waals surface area contributed by atoms with Gasteiger partial charge in [-0.1, -0.05) is 18.2 Å². The Hall–Kier alpha value is -2.96. The van der Waals surface area contributed by atoms with Crippen LogP contribution in [0.1, 0.15) is 27.3 Å². The molecule has 0 fully saturated rings. The normalized spacial score (nSPS) is 11.3. The number of allylic oxidation sites excluding steroid dienone is 1. The van der Waals surface area contributed by atoms with E-state index in [0.717, 1.165) is 17.0 Å². The Balaban J connectivity index is 2.14. The van der Waals surface area contributed by atoms with Crippen molar-refractivity contribution < 1.29 is 14.8 Å². The minimum absolute atomic E-state index is 0.108. The van der Waals surface area contributed by atoms with Gasteiger partial charge in [0.2, 0.25) is 0 Å². The van der Waals surface area contributed by atoms with Crippen LogP contribution in [0.5, 0.6) is 0 Å². The lowest BCUT2D eigenvalue weighted by Gasteiger charge is -2.02.